The van der Waals surface area contributed by atoms with Crippen LogP contribution in [0.25, 0.3) is 0 Å². The third-order valence-corrected chi connectivity index (χ3v) is 4.51. The molecule has 0 saturated carbocycles. The number of hydrazone groups is 1. The van der Waals surface area contributed by atoms with Crippen molar-refractivity contribution in [2.24, 2.45) is 5.10 Å². The van der Waals surface area contributed by atoms with Gasteiger partial charge in [0, 0.05) is 9.13 Å². The Balaban J connectivity index is 1.87. The highest BCUT2D eigenvalue weighted by atomic mass is 127. The molecule has 0 aliphatic heterocycles. The van der Waals surface area contributed by atoms with Crippen molar-refractivity contribution in [3.05, 3.63) is 67.2 Å². The van der Waals surface area contributed by atoms with E-state index in [-0.39, 0.29) is 12.5 Å². The van der Waals surface area contributed by atoms with E-state index in [0.29, 0.717) is 21.2 Å². The van der Waals surface area contributed by atoms with Crippen LogP contribution in [0.3, 0.4) is 0 Å². The zero-order valence-electron chi connectivity index (χ0n) is 12.2. The van der Waals surface area contributed by atoms with E-state index in [0.717, 1.165) is 3.57 Å². The highest BCUT2D eigenvalue weighted by Crippen LogP contribution is 2.21. The van der Waals surface area contributed by atoms with Crippen molar-refractivity contribution in [1.29, 1.82) is 0 Å². The number of benzene rings is 2. The summed E-state index contributed by atoms with van der Waals surface area (Å²) in [6.45, 7) is -0.197. The molecule has 0 saturated heterocycles. The second-order valence-corrected chi connectivity index (χ2v) is 6.57. The quantitative estimate of drug-likeness (QED) is 0.395. The van der Waals surface area contributed by atoms with Crippen molar-refractivity contribution in [3.63, 3.8) is 0 Å². The first-order valence-electron chi connectivity index (χ1n) is 6.77. The zero-order chi connectivity index (χ0) is 17.5. The standard InChI is InChI=1S/C16H12Cl2IN3O2/c17-12-5-3-6-13(18)11(12)8-21-22-15(23)9-20-16(24)10-4-1-2-7-14(10)19/h1-8H,9H2,(H,20,24)(H,22,23)/b21-8-. The summed E-state index contributed by atoms with van der Waals surface area (Å²) in [5.74, 6) is -0.790. The number of hydrogen-bond acceptors (Lipinski definition) is 3. The highest BCUT2D eigenvalue weighted by molar-refractivity contribution is 14.1. The average Bonchev–Trinajstić information content (AvgIpc) is 2.56. The molecule has 0 aromatic heterocycles. The molecule has 0 aliphatic rings. The van der Waals surface area contributed by atoms with Crippen molar-refractivity contribution < 1.29 is 9.59 Å². The fourth-order valence-electron chi connectivity index (χ4n) is 1.74. The van der Waals surface area contributed by atoms with Crippen molar-refractivity contribution >= 4 is 63.8 Å². The second kappa shape index (κ2) is 9.00. The number of amides is 2. The summed E-state index contributed by atoms with van der Waals surface area (Å²) >= 11 is 14.0. The molecular weight excluding hydrogens is 464 g/mol. The van der Waals surface area contributed by atoms with Gasteiger partial charge < -0.3 is 5.32 Å². The van der Waals surface area contributed by atoms with E-state index in [1.807, 2.05) is 12.1 Å². The number of nitrogens with one attached hydrogen (secondary N) is 2. The van der Waals surface area contributed by atoms with E-state index in [1.165, 1.54) is 6.21 Å². The predicted molar refractivity (Wildman–Crippen MR) is 104 cm³/mol. The minimum atomic E-state index is -0.464. The minimum absolute atomic E-state index is 0.197. The van der Waals surface area contributed by atoms with Crippen LogP contribution in [-0.2, 0) is 4.79 Å². The second-order valence-electron chi connectivity index (χ2n) is 4.59. The lowest BCUT2D eigenvalue weighted by atomic mass is 10.2. The first-order chi connectivity index (χ1) is 11.5. The molecule has 124 valence electrons. The van der Waals surface area contributed by atoms with E-state index in [2.05, 4.69) is 38.4 Å². The lowest BCUT2D eigenvalue weighted by Gasteiger charge is -2.06. The number of hydrogen-bond donors (Lipinski definition) is 2. The van der Waals surface area contributed by atoms with Crippen LogP contribution in [-0.4, -0.2) is 24.6 Å². The Bertz CT molecular complexity index is 776. The molecule has 0 atom stereocenters. The van der Waals surface area contributed by atoms with E-state index in [1.54, 1.807) is 30.3 Å². The van der Waals surface area contributed by atoms with Crippen LogP contribution in [0.2, 0.25) is 10.0 Å². The van der Waals surface area contributed by atoms with Crippen LogP contribution < -0.4 is 10.7 Å². The summed E-state index contributed by atoms with van der Waals surface area (Å²) in [6.07, 6.45) is 1.35. The molecule has 2 rings (SSSR count). The summed E-state index contributed by atoms with van der Waals surface area (Å²) in [5.41, 5.74) is 3.32. The molecule has 2 amide bonds. The molecule has 2 aromatic rings. The minimum Gasteiger partial charge on any atom is -0.343 e. The molecular formula is C16H12Cl2IN3O2. The first-order valence-corrected chi connectivity index (χ1v) is 8.61. The summed E-state index contributed by atoms with van der Waals surface area (Å²) in [7, 11) is 0. The first kappa shape index (κ1) is 18.7. The van der Waals surface area contributed by atoms with Crippen LogP contribution in [0.4, 0.5) is 0 Å². The molecule has 5 nitrogen and oxygen atoms in total. The number of carbonyl (C=O) groups is 2. The Morgan fingerprint density at radius 3 is 2.42 bits per heavy atom. The normalized spacial score (nSPS) is 10.6. The molecule has 0 radical (unpaired) electrons. The van der Waals surface area contributed by atoms with Crippen molar-refractivity contribution in [2.45, 2.75) is 0 Å². The third-order valence-electron chi connectivity index (χ3n) is 2.91. The molecule has 0 unspecified atom stereocenters. The van der Waals surface area contributed by atoms with Gasteiger partial charge in [-0.3, -0.25) is 9.59 Å². The van der Waals surface area contributed by atoms with Gasteiger partial charge in [0.1, 0.15) is 0 Å². The Labute approximate surface area is 162 Å². The van der Waals surface area contributed by atoms with Gasteiger partial charge in [-0.1, -0.05) is 41.4 Å². The topological polar surface area (TPSA) is 70.6 Å². The largest absolute Gasteiger partial charge is 0.343 e. The van der Waals surface area contributed by atoms with Crippen molar-refractivity contribution in [3.8, 4) is 0 Å². The van der Waals surface area contributed by atoms with Crippen molar-refractivity contribution in [1.82, 2.24) is 10.7 Å². The van der Waals surface area contributed by atoms with Gasteiger partial charge in [0.2, 0.25) is 0 Å². The van der Waals surface area contributed by atoms with Gasteiger partial charge in [0.25, 0.3) is 11.8 Å². The van der Waals surface area contributed by atoms with Crippen LogP contribution in [0.15, 0.2) is 47.6 Å². The number of rotatable bonds is 5. The number of nitrogens with zero attached hydrogens (tertiary/aromatic N) is 1. The molecule has 24 heavy (non-hydrogen) atoms. The molecule has 0 aliphatic carbocycles. The molecule has 2 aromatic carbocycles. The lowest BCUT2D eigenvalue weighted by molar-refractivity contribution is -0.120. The SMILES string of the molecule is O=C(CNC(=O)c1ccccc1I)N/N=C\c1c(Cl)cccc1Cl. The maximum atomic E-state index is 12.0. The predicted octanol–water partition coefficient (Wildman–Crippen LogP) is 3.48. The molecule has 0 spiro atoms. The summed E-state index contributed by atoms with van der Waals surface area (Å²) in [6, 6.07) is 12.1. The monoisotopic (exact) mass is 475 g/mol. The summed E-state index contributed by atoms with van der Waals surface area (Å²) in [4.78, 5) is 23.7. The molecule has 0 heterocycles. The summed E-state index contributed by atoms with van der Waals surface area (Å²) < 4.78 is 0.805. The third kappa shape index (κ3) is 5.19. The summed E-state index contributed by atoms with van der Waals surface area (Å²) in [5, 5.41) is 7.16. The fourth-order valence-corrected chi connectivity index (χ4v) is 2.87. The molecule has 2 N–H and O–H groups in total. The van der Waals surface area contributed by atoms with Crippen LogP contribution in [0, 0.1) is 3.57 Å². The molecule has 8 heteroatoms. The Kier molecular flexibility index (Phi) is 7.01. The van der Waals surface area contributed by atoms with Gasteiger partial charge in [-0.05, 0) is 46.9 Å². The Morgan fingerprint density at radius 2 is 1.75 bits per heavy atom. The van der Waals surface area contributed by atoms with Crippen LogP contribution in [0.5, 0.6) is 0 Å². The Morgan fingerprint density at radius 1 is 1.08 bits per heavy atom. The van der Waals surface area contributed by atoms with E-state index in [9.17, 15) is 9.59 Å². The van der Waals surface area contributed by atoms with Gasteiger partial charge in [0.05, 0.1) is 28.4 Å². The highest BCUT2D eigenvalue weighted by Gasteiger charge is 2.10. The zero-order valence-corrected chi connectivity index (χ0v) is 15.9. The van der Waals surface area contributed by atoms with Gasteiger partial charge in [0.15, 0.2) is 0 Å². The number of carbonyl (C=O) groups excluding carboxylic acids is 2. The Hall–Kier alpha value is -1.64. The van der Waals surface area contributed by atoms with E-state index < -0.39 is 5.91 Å². The maximum Gasteiger partial charge on any atom is 0.259 e. The van der Waals surface area contributed by atoms with Gasteiger partial charge in [-0.25, -0.2) is 5.43 Å². The maximum absolute atomic E-state index is 12.0. The van der Waals surface area contributed by atoms with Gasteiger partial charge >= 0.3 is 0 Å². The smallest absolute Gasteiger partial charge is 0.259 e. The molecule has 0 bridgehead atoms. The van der Waals surface area contributed by atoms with Crippen LogP contribution in [0.1, 0.15) is 15.9 Å². The van der Waals surface area contributed by atoms with E-state index >= 15 is 0 Å². The van der Waals surface area contributed by atoms with Gasteiger partial charge in [-0.2, -0.15) is 5.10 Å². The van der Waals surface area contributed by atoms with E-state index in [4.69, 9.17) is 23.2 Å². The fraction of sp³-hybridized carbons (Fsp3) is 0.0625. The lowest BCUT2D eigenvalue weighted by Crippen LogP contribution is -2.35. The number of halogens is 3. The molecule has 0 fully saturated rings. The van der Waals surface area contributed by atoms with Gasteiger partial charge in [-0.15, -0.1) is 0 Å². The van der Waals surface area contributed by atoms with Crippen LogP contribution >= 0.6 is 45.8 Å². The van der Waals surface area contributed by atoms with Crippen molar-refractivity contribution in [2.75, 3.05) is 6.54 Å². The average molecular weight is 476 g/mol.